The van der Waals surface area contributed by atoms with E-state index in [1.165, 1.54) is 25.7 Å². The van der Waals surface area contributed by atoms with Crippen molar-refractivity contribution in [3.63, 3.8) is 0 Å². The van der Waals surface area contributed by atoms with Gasteiger partial charge >= 0.3 is 0 Å². The van der Waals surface area contributed by atoms with E-state index in [0.717, 1.165) is 12.3 Å². The Morgan fingerprint density at radius 2 is 2.00 bits per heavy atom. The zero-order chi connectivity index (χ0) is 8.53. The lowest BCUT2D eigenvalue weighted by molar-refractivity contribution is 0.460. The molecule has 0 aromatic rings. The summed E-state index contributed by atoms with van der Waals surface area (Å²) in [4.78, 5) is 9.85. The van der Waals surface area contributed by atoms with E-state index in [1.54, 1.807) is 0 Å². The molecule has 0 aliphatic carbocycles. The molecule has 0 bridgehead atoms. The Morgan fingerprint density at radius 1 is 1.27 bits per heavy atom. The molecule has 0 aromatic carbocycles. The van der Waals surface area contributed by atoms with Gasteiger partial charge in [-0.05, 0) is 12.3 Å². The summed E-state index contributed by atoms with van der Waals surface area (Å²) in [7, 11) is 0. The van der Waals surface area contributed by atoms with Gasteiger partial charge in [-0.3, -0.25) is 4.79 Å². The molecule has 0 saturated heterocycles. The van der Waals surface area contributed by atoms with Crippen molar-refractivity contribution in [2.75, 3.05) is 0 Å². The van der Waals surface area contributed by atoms with E-state index >= 15 is 0 Å². The fraction of sp³-hybridized carbons (Fsp3) is 0.900. The van der Waals surface area contributed by atoms with Crippen molar-refractivity contribution in [1.82, 2.24) is 0 Å². The zero-order valence-electron chi connectivity index (χ0n) is 7.73. The van der Waals surface area contributed by atoms with E-state index in [2.05, 4.69) is 13.8 Å². The molecule has 0 spiro atoms. The Labute approximate surface area is 70.2 Å². The average Bonchev–Trinajstić information content (AvgIpc) is 1.99. The third-order valence-corrected chi connectivity index (χ3v) is 2.01. The third kappa shape index (κ3) is 7.57. The number of hydrogen-bond acceptors (Lipinski definition) is 1. The molecule has 0 rings (SSSR count). The van der Waals surface area contributed by atoms with Gasteiger partial charge in [-0.15, -0.1) is 0 Å². The Kier molecular flexibility index (Phi) is 7.54. The van der Waals surface area contributed by atoms with E-state index in [1.807, 2.05) is 6.29 Å². The minimum absolute atomic E-state index is 0.624. The number of unbranched alkanes of at least 4 members (excludes halogenated alkanes) is 2. The Balaban J connectivity index is 3.03. The highest BCUT2D eigenvalue weighted by molar-refractivity contribution is 5.50. The van der Waals surface area contributed by atoms with Crippen molar-refractivity contribution in [3.8, 4) is 0 Å². The van der Waals surface area contributed by atoms with E-state index in [9.17, 15) is 4.79 Å². The second-order valence-corrected chi connectivity index (χ2v) is 3.28. The first-order valence-corrected chi connectivity index (χ1v) is 4.66. The maximum Gasteiger partial charge on any atom is 0.198 e. The van der Waals surface area contributed by atoms with Crippen LogP contribution in [-0.2, 0) is 4.79 Å². The summed E-state index contributed by atoms with van der Waals surface area (Å²) in [6, 6.07) is 0. The fourth-order valence-corrected chi connectivity index (χ4v) is 1.33. The van der Waals surface area contributed by atoms with Crippen LogP contribution in [0.4, 0.5) is 0 Å². The lowest BCUT2D eigenvalue weighted by Crippen LogP contribution is -1.93. The Morgan fingerprint density at radius 3 is 2.55 bits per heavy atom. The molecular weight excluding hydrogens is 136 g/mol. The predicted octanol–water partition coefficient (Wildman–Crippen LogP) is 3.09. The quantitative estimate of drug-likeness (QED) is 0.516. The minimum atomic E-state index is 0.624. The van der Waals surface area contributed by atoms with Gasteiger partial charge in [0.1, 0.15) is 0 Å². The number of rotatable bonds is 7. The molecule has 1 nitrogen and oxygen atoms in total. The second kappa shape index (κ2) is 7.77. The van der Waals surface area contributed by atoms with Gasteiger partial charge < -0.3 is 0 Å². The summed E-state index contributed by atoms with van der Waals surface area (Å²) in [5.74, 6) is 0.839. The van der Waals surface area contributed by atoms with E-state index in [-0.39, 0.29) is 0 Å². The molecule has 0 N–H and O–H groups in total. The molecule has 1 heteroatoms. The first-order chi connectivity index (χ1) is 5.31. The highest BCUT2D eigenvalue weighted by Crippen LogP contribution is 2.13. The van der Waals surface area contributed by atoms with Crippen molar-refractivity contribution in [2.24, 2.45) is 5.92 Å². The van der Waals surface area contributed by atoms with Crippen LogP contribution in [0.25, 0.3) is 0 Å². The largest absolute Gasteiger partial charge is 0.291 e. The van der Waals surface area contributed by atoms with Gasteiger partial charge in [-0.2, -0.15) is 0 Å². The van der Waals surface area contributed by atoms with Crippen LogP contribution < -0.4 is 0 Å². The molecule has 0 fully saturated rings. The topological polar surface area (TPSA) is 17.1 Å². The number of hydrogen-bond donors (Lipinski definition) is 0. The van der Waals surface area contributed by atoms with E-state index < -0.39 is 0 Å². The molecule has 0 aliphatic rings. The summed E-state index contributed by atoms with van der Waals surface area (Å²) in [6.07, 6.45) is 8.64. The average molecular weight is 155 g/mol. The summed E-state index contributed by atoms with van der Waals surface area (Å²) >= 11 is 0. The predicted molar refractivity (Wildman–Crippen MR) is 48.2 cm³/mol. The van der Waals surface area contributed by atoms with Gasteiger partial charge in [0.15, 0.2) is 6.29 Å². The Hall–Kier alpha value is -0.330. The minimum Gasteiger partial charge on any atom is -0.291 e. The molecule has 1 atom stereocenters. The maximum atomic E-state index is 9.85. The molecule has 0 aromatic heterocycles. The van der Waals surface area contributed by atoms with Crippen molar-refractivity contribution in [3.05, 3.63) is 0 Å². The highest BCUT2D eigenvalue weighted by Gasteiger charge is 1.99. The van der Waals surface area contributed by atoms with Crippen LogP contribution in [0.15, 0.2) is 0 Å². The molecule has 0 amide bonds. The van der Waals surface area contributed by atoms with Crippen molar-refractivity contribution < 1.29 is 4.79 Å². The lowest BCUT2D eigenvalue weighted by Gasteiger charge is -2.07. The van der Waals surface area contributed by atoms with Crippen LogP contribution >= 0.6 is 0 Å². The molecule has 0 saturated carbocycles. The summed E-state index contributed by atoms with van der Waals surface area (Å²) in [5.41, 5.74) is 0. The SMILES string of the molecule is CCC[C@H](C)CCCC[C]=O. The normalized spacial score (nSPS) is 12.9. The molecule has 1 radical (unpaired) electrons. The van der Waals surface area contributed by atoms with Gasteiger partial charge in [-0.25, -0.2) is 0 Å². The standard InChI is InChI=1S/C10H19O/c1-3-7-10(2)8-5-4-6-9-11/h10H,3-8H2,1-2H3/t10-/m0/s1. The van der Waals surface area contributed by atoms with Crippen LogP contribution in [-0.4, -0.2) is 6.29 Å². The molecule has 0 heterocycles. The lowest BCUT2D eigenvalue weighted by atomic mass is 9.99. The van der Waals surface area contributed by atoms with Crippen molar-refractivity contribution >= 4 is 6.29 Å². The van der Waals surface area contributed by atoms with Gasteiger partial charge in [0.2, 0.25) is 0 Å². The van der Waals surface area contributed by atoms with Gasteiger partial charge in [0.05, 0.1) is 0 Å². The van der Waals surface area contributed by atoms with Crippen LogP contribution in [0.3, 0.4) is 0 Å². The highest BCUT2D eigenvalue weighted by atomic mass is 16.1. The maximum absolute atomic E-state index is 9.85. The van der Waals surface area contributed by atoms with Crippen LogP contribution in [0.5, 0.6) is 0 Å². The summed E-state index contributed by atoms with van der Waals surface area (Å²) in [5, 5.41) is 0. The summed E-state index contributed by atoms with van der Waals surface area (Å²) < 4.78 is 0. The molecule has 11 heavy (non-hydrogen) atoms. The molecule has 0 aliphatic heterocycles. The van der Waals surface area contributed by atoms with Crippen LogP contribution in [0.1, 0.15) is 52.4 Å². The van der Waals surface area contributed by atoms with Crippen LogP contribution in [0, 0.1) is 5.92 Å². The van der Waals surface area contributed by atoms with Gasteiger partial charge in [-0.1, -0.05) is 39.5 Å². The fourth-order valence-electron chi connectivity index (χ4n) is 1.33. The zero-order valence-corrected chi connectivity index (χ0v) is 7.73. The van der Waals surface area contributed by atoms with Crippen LogP contribution in [0.2, 0.25) is 0 Å². The monoisotopic (exact) mass is 155 g/mol. The third-order valence-electron chi connectivity index (χ3n) is 2.01. The van der Waals surface area contributed by atoms with Crippen molar-refractivity contribution in [1.29, 1.82) is 0 Å². The van der Waals surface area contributed by atoms with Crippen molar-refractivity contribution in [2.45, 2.75) is 52.4 Å². The summed E-state index contributed by atoms with van der Waals surface area (Å²) in [6.45, 7) is 4.50. The first-order valence-electron chi connectivity index (χ1n) is 4.66. The first kappa shape index (κ1) is 10.7. The number of carbonyl (C=O) groups excluding carboxylic acids is 1. The van der Waals surface area contributed by atoms with E-state index in [4.69, 9.17) is 0 Å². The molecular formula is C10H19O. The molecule has 65 valence electrons. The van der Waals surface area contributed by atoms with Gasteiger partial charge in [0, 0.05) is 6.42 Å². The smallest absolute Gasteiger partial charge is 0.198 e. The second-order valence-electron chi connectivity index (χ2n) is 3.28. The van der Waals surface area contributed by atoms with E-state index in [0.29, 0.717) is 6.42 Å². The Bertz CT molecular complexity index is 88.9. The van der Waals surface area contributed by atoms with Gasteiger partial charge in [0.25, 0.3) is 0 Å². The molecule has 0 unspecified atom stereocenters.